The molecule has 2 heterocycles. The van der Waals surface area contributed by atoms with Gasteiger partial charge in [0.25, 0.3) is 5.91 Å². The molecule has 4 atom stereocenters. The Morgan fingerprint density at radius 2 is 1.58 bits per heavy atom. The van der Waals surface area contributed by atoms with Crippen LogP contribution in [0.15, 0.2) is 85.1 Å². The molecule has 3 unspecified atom stereocenters. The van der Waals surface area contributed by atoms with E-state index in [9.17, 15) is 28.8 Å². The van der Waals surface area contributed by atoms with Gasteiger partial charge in [0.15, 0.2) is 6.10 Å². The van der Waals surface area contributed by atoms with Gasteiger partial charge in [-0.1, -0.05) is 78.4 Å². The normalized spacial score (nSPS) is 15.4. The maximum atomic E-state index is 14.3. The number of likely N-dealkylation sites (tertiary alicyclic amines) is 1. The minimum Gasteiger partial charge on any atom is -0.436 e. The van der Waals surface area contributed by atoms with E-state index >= 15 is 0 Å². The number of ether oxygens (including phenoxy) is 1. The maximum absolute atomic E-state index is 14.3. The molecule has 15 nitrogen and oxygen atoms in total. The second kappa shape index (κ2) is 20.5. The third-order valence-electron chi connectivity index (χ3n) is 10.0. The van der Waals surface area contributed by atoms with Crippen LogP contribution in [0.5, 0.6) is 0 Å². The van der Waals surface area contributed by atoms with E-state index in [1.165, 1.54) is 11.9 Å². The Morgan fingerprint density at radius 1 is 0.842 bits per heavy atom. The van der Waals surface area contributed by atoms with Crippen LogP contribution in [0.3, 0.4) is 0 Å². The number of amides is 7. The predicted molar refractivity (Wildman–Crippen MR) is 215 cm³/mol. The number of carbonyl (C=O) groups excluding carboxylic acids is 6. The Bertz CT molecular complexity index is 2000. The van der Waals surface area contributed by atoms with Crippen molar-refractivity contribution in [3.8, 4) is 0 Å². The molecule has 1 aliphatic heterocycles. The summed E-state index contributed by atoms with van der Waals surface area (Å²) >= 11 is 0. The average molecular weight is 781 g/mol. The zero-order valence-corrected chi connectivity index (χ0v) is 32.3. The summed E-state index contributed by atoms with van der Waals surface area (Å²) in [6, 6.07) is 20.6. The molecule has 0 spiro atoms. The van der Waals surface area contributed by atoms with Crippen LogP contribution in [0.1, 0.15) is 54.4 Å². The molecule has 57 heavy (non-hydrogen) atoms. The van der Waals surface area contributed by atoms with Crippen LogP contribution in [-0.4, -0.2) is 90.0 Å². The van der Waals surface area contributed by atoms with Gasteiger partial charge >= 0.3 is 12.1 Å². The van der Waals surface area contributed by atoms with Gasteiger partial charge in [0.1, 0.15) is 18.1 Å². The zero-order valence-electron chi connectivity index (χ0n) is 32.3. The predicted octanol–water partition coefficient (Wildman–Crippen LogP) is 3.10. The fourth-order valence-electron chi connectivity index (χ4n) is 6.92. The lowest BCUT2D eigenvalue weighted by Crippen LogP contribution is -2.60. The smallest absolute Gasteiger partial charge is 0.407 e. The van der Waals surface area contributed by atoms with Crippen LogP contribution in [0, 0.1) is 6.92 Å². The van der Waals surface area contributed by atoms with E-state index in [0.717, 1.165) is 33.2 Å². The van der Waals surface area contributed by atoms with Gasteiger partial charge in [-0.25, -0.2) is 9.59 Å². The summed E-state index contributed by atoms with van der Waals surface area (Å²) in [5.74, 6) is -2.11. The highest BCUT2D eigenvalue weighted by atomic mass is 16.6. The average Bonchev–Trinajstić information content (AvgIpc) is 3.63. The fraction of sp³-hybridized carbons (Fsp3) is 0.381. The molecule has 1 saturated heterocycles. The first-order valence-corrected chi connectivity index (χ1v) is 19.3. The van der Waals surface area contributed by atoms with Crippen molar-refractivity contribution in [1.29, 1.82) is 0 Å². The van der Waals surface area contributed by atoms with Crippen LogP contribution in [0.4, 0.5) is 9.59 Å². The van der Waals surface area contributed by atoms with Gasteiger partial charge in [-0.15, -0.1) is 0 Å². The van der Waals surface area contributed by atoms with Crippen molar-refractivity contribution in [2.75, 3.05) is 20.1 Å². The number of hydrogen-bond donors (Lipinski definition) is 7. The number of alkyl carbamates (subject to hydrolysis) is 1. The summed E-state index contributed by atoms with van der Waals surface area (Å²) in [7, 11) is 1.40. The summed E-state index contributed by atoms with van der Waals surface area (Å²) in [6.45, 7) is 2.62. The first kappa shape index (κ1) is 41.8. The molecule has 0 saturated carbocycles. The molecule has 7 amide bonds. The van der Waals surface area contributed by atoms with Crippen molar-refractivity contribution in [2.45, 2.75) is 82.6 Å². The Hall–Kier alpha value is -6.38. The summed E-state index contributed by atoms with van der Waals surface area (Å²) in [6.07, 6.45) is 2.08. The number of piperidine rings is 1. The highest BCUT2D eigenvalue weighted by Crippen LogP contribution is 2.23. The van der Waals surface area contributed by atoms with Crippen LogP contribution >= 0.6 is 0 Å². The monoisotopic (exact) mass is 780 g/mol. The number of benzene rings is 3. The number of urea groups is 1. The Labute approximate surface area is 331 Å². The summed E-state index contributed by atoms with van der Waals surface area (Å²) in [5, 5.41) is 14.4. The molecule has 1 fully saturated rings. The largest absolute Gasteiger partial charge is 0.436 e. The second-order valence-electron chi connectivity index (χ2n) is 14.2. The van der Waals surface area contributed by atoms with Crippen molar-refractivity contribution in [2.24, 2.45) is 5.73 Å². The van der Waals surface area contributed by atoms with Gasteiger partial charge in [-0.2, -0.15) is 0 Å². The van der Waals surface area contributed by atoms with E-state index in [4.69, 9.17) is 10.5 Å². The van der Waals surface area contributed by atoms with Crippen molar-refractivity contribution < 1.29 is 33.5 Å². The van der Waals surface area contributed by atoms with Crippen molar-refractivity contribution >= 4 is 46.7 Å². The number of aryl methyl sites for hydroxylation is 1. The van der Waals surface area contributed by atoms with Crippen molar-refractivity contribution in [3.05, 3.63) is 107 Å². The van der Waals surface area contributed by atoms with Crippen LogP contribution < -0.4 is 32.3 Å². The number of H-pyrrole nitrogens is 1. The van der Waals surface area contributed by atoms with Gasteiger partial charge < -0.3 is 46.9 Å². The zero-order chi connectivity index (χ0) is 40.7. The molecule has 0 aliphatic carbocycles. The lowest BCUT2D eigenvalue weighted by molar-refractivity contribution is -0.149. The Kier molecular flexibility index (Phi) is 15.0. The molecular weight excluding hydrogens is 729 g/mol. The van der Waals surface area contributed by atoms with Gasteiger partial charge in [-0.3, -0.25) is 19.2 Å². The number of rotatable bonds is 17. The molecule has 1 aromatic heterocycles. The van der Waals surface area contributed by atoms with E-state index in [-0.39, 0.29) is 38.9 Å². The second-order valence-corrected chi connectivity index (χ2v) is 14.2. The highest BCUT2D eigenvalue weighted by Gasteiger charge is 2.39. The lowest BCUT2D eigenvalue weighted by Gasteiger charge is -2.37. The lowest BCUT2D eigenvalue weighted by atomic mass is 9.97. The number of fused-ring (bicyclic) bond motifs is 1. The molecular formula is C42H52N8O7. The molecule has 4 aromatic rings. The quantitative estimate of drug-likeness (QED) is 0.0794. The number of nitrogens with one attached hydrogen (secondary N) is 6. The van der Waals surface area contributed by atoms with Crippen molar-refractivity contribution in [1.82, 2.24) is 36.5 Å². The van der Waals surface area contributed by atoms with Crippen LogP contribution in [-0.2, 0) is 43.3 Å². The van der Waals surface area contributed by atoms with Crippen LogP contribution in [0.25, 0.3) is 10.9 Å². The van der Waals surface area contributed by atoms with E-state index < -0.39 is 60.0 Å². The molecule has 15 heteroatoms. The molecule has 8 N–H and O–H groups in total. The maximum Gasteiger partial charge on any atom is 0.407 e. The van der Waals surface area contributed by atoms with E-state index in [1.54, 1.807) is 6.20 Å². The number of nitrogens with two attached hydrogens (primary N) is 1. The third kappa shape index (κ3) is 12.1. The van der Waals surface area contributed by atoms with E-state index in [1.807, 2.05) is 85.8 Å². The van der Waals surface area contributed by atoms with Crippen LogP contribution in [0.2, 0.25) is 0 Å². The first-order valence-electron chi connectivity index (χ1n) is 19.3. The SMILES string of the molecule is CNC(=O)OC(Cc1ccccc1)C(=O)N1CCCC[C@H]1C(=O)NC(Cc1c[nH]c2ccccc12)C(=O)NC(CCCNC(N)=O)C(=O)NCc1ccc(C)cc1. The highest BCUT2D eigenvalue weighted by molar-refractivity contribution is 5.96. The molecule has 0 bridgehead atoms. The fourth-order valence-corrected chi connectivity index (χ4v) is 6.92. The number of para-hydroxylation sites is 1. The number of primary amides is 1. The number of hydrogen-bond acceptors (Lipinski definition) is 7. The standard InChI is InChI=1S/C42H52N8O7/c1-27-17-19-29(20-18-27)25-47-37(51)33(15-10-21-45-41(43)55)48-38(52)34(24-30-26-46-32-14-7-6-13-31(30)32)49-39(53)35-16-8-9-22-50(35)40(54)36(57-42(56)44-2)23-28-11-4-3-5-12-28/h3-7,11-14,17-20,26,33-36,46H,8-10,15-16,21-25H2,1-2H3,(H,44,56)(H,47,51)(H,48,52)(H,49,53)(H3,43,45,55)/t33?,34?,35-,36?/m0/s1. The number of aromatic amines is 1. The minimum absolute atomic E-state index is 0.0691. The summed E-state index contributed by atoms with van der Waals surface area (Å²) < 4.78 is 5.54. The minimum atomic E-state index is -1.20. The summed E-state index contributed by atoms with van der Waals surface area (Å²) in [4.78, 5) is 84.7. The van der Waals surface area contributed by atoms with Gasteiger partial charge in [0.2, 0.25) is 17.7 Å². The van der Waals surface area contributed by atoms with Crippen molar-refractivity contribution in [3.63, 3.8) is 0 Å². The van der Waals surface area contributed by atoms with Gasteiger partial charge in [0, 0.05) is 56.6 Å². The molecule has 5 rings (SSSR count). The number of nitrogens with zero attached hydrogens (tertiary/aromatic N) is 1. The molecule has 1 aliphatic rings. The molecule has 0 radical (unpaired) electrons. The summed E-state index contributed by atoms with van der Waals surface area (Å²) in [5.41, 5.74) is 9.57. The number of aromatic nitrogens is 1. The van der Waals surface area contributed by atoms with E-state index in [2.05, 4.69) is 31.6 Å². The number of carbonyl (C=O) groups is 6. The first-order chi connectivity index (χ1) is 27.5. The molecule has 302 valence electrons. The van der Waals surface area contributed by atoms with Gasteiger partial charge in [0.05, 0.1) is 0 Å². The Morgan fingerprint density at radius 3 is 2.32 bits per heavy atom. The van der Waals surface area contributed by atoms with Gasteiger partial charge in [-0.05, 0) is 61.8 Å². The Balaban J connectivity index is 1.38. The van der Waals surface area contributed by atoms with E-state index in [0.29, 0.717) is 25.7 Å². The third-order valence-corrected chi connectivity index (χ3v) is 10.0. The molecule has 3 aromatic carbocycles. The topological polar surface area (TPSA) is 217 Å².